The molecule has 0 spiro atoms. The molecule has 0 atom stereocenters. The minimum atomic E-state index is -0.0312. The van der Waals surface area contributed by atoms with E-state index >= 15 is 0 Å². The standard InChI is InChI=1S/C20H30N4O/c25-19(20-11-14-8-15(12-20)10-16(9-14)13-20)21-6-5-18-23-22-17-4-2-1-3-7-24(17)18/h14-16H,1-13H2,(H,21,25). The highest BCUT2D eigenvalue weighted by Crippen LogP contribution is 2.60. The van der Waals surface area contributed by atoms with Gasteiger partial charge in [-0.05, 0) is 69.1 Å². The summed E-state index contributed by atoms with van der Waals surface area (Å²) in [7, 11) is 0. The van der Waals surface area contributed by atoms with E-state index in [2.05, 4.69) is 20.1 Å². The van der Waals surface area contributed by atoms with E-state index in [1.807, 2.05) is 0 Å². The summed E-state index contributed by atoms with van der Waals surface area (Å²) in [5.74, 6) is 5.00. The van der Waals surface area contributed by atoms with Crippen molar-refractivity contribution in [3.05, 3.63) is 11.6 Å². The lowest BCUT2D eigenvalue weighted by Crippen LogP contribution is -2.53. The maximum Gasteiger partial charge on any atom is 0.226 e. The fourth-order valence-corrected chi connectivity index (χ4v) is 6.59. The maximum absolute atomic E-state index is 13.0. The van der Waals surface area contributed by atoms with Crippen molar-refractivity contribution in [2.24, 2.45) is 23.2 Å². The van der Waals surface area contributed by atoms with E-state index < -0.39 is 0 Å². The van der Waals surface area contributed by atoms with Gasteiger partial charge in [-0.15, -0.1) is 10.2 Å². The summed E-state index contributed by atoms with van der Waals surface area (Å²) in [5.41, 5.74) is -0.0312. The Labute approximate surface area is 150 Å². The van der Waals surface area contributed by atoms with Crippen LogP contribution in [0.25, 0.3) is 0 Å². The lowest BCUT2D eigenvalue weighted by atomic mass is 9.49. The van der Waals surface area contributed by atoms with Crippen LogP contribution in [0.15, 0.2) is 0 Å². The molecule has 136 valence electrons. The zero-order chi connectivity index (χ0) is 16.9. The molecule has 0 aromatic carbocycles. The molecular formula is C20H30N4O. The van der Waals surface area contributed by atoms with Crippen LogP contribution in [0.4, 0.5) is 0 Å². The number of amides is 1. The Kier molecular flexibility index (Phi) is 3.86. The normalized spacial score (nSPS) is 36.1. The topological polar surface area (TPSA) is 59.8 Å². The Balaban J connectivity index is 1.21. The van der Waals surface area contributed by atoms with Crippen LogP contribution >= 0.6 is 0 Å². The first-order valence-corrected chi connectivity index (χ1v) is 10.4. The molecule has 2 heterocycles. The molecule has 0 unspecified atom stereocenters. The second-order valence-electron chi connectivity index (χ2n) is 9.20. The van der Waals surface area contributed by atoms with Gasteiger partial charge in [-0.3, -0.25) is 4.79 Å². The monoisotopic (exact) mass is 342 g/mol. The zero-order valence-corrected chi connectivity index (χ0v) is 15.2. The van der Waals surface area contributed by atoms with Gasteiger partial charge < -0.3 is 9.88 Å². The number of nitrogens with one attached hydrogen (secondary N) is 1. The molecule has 4 aliphatic carbocycles. The Hall–Kier alpha value is -1.39. The maximum atomic E-state index is 13.0. The third kappa shape index (κ3) is 2.80. The first-order chi connectivity index (χ1) is 12.2. The quantitative estimate of drug-likeness (QED) is 0.915. The van der Waals surface area contributed by atoms with Crippen molar-refractivity contribution >= 4 is 5.91 Å². The summed E-state index contributed by atoms with van der Waals surface area (Å²) in [5, 5.41) is 12.0. The predicted molar refractivity (Wildman–Crippen MR) is 94.9 cm³/mol. The minimum Gasteiger partial charge on any atom is -0.355 e. The summed E-state index contributed by atoms with van der Waals surface area (Å²) in [6, 6.07) is 0. The SMILES string of the molecule is O=C(NCCc1nnc2n1CCCCC2)C12CC3CC(CC(C3)C1)C2. The summed E-state index contributed by atoms with van der Waals surface area (Å²) >= 11 is 0. The number of carbonyl (C=O) groups is 1. The largest absolute Gasteiger partial charge is 0.355 e. The summed E-state index contributed by atoms with van der Waals surface area (Å²) in [6.07, 6.45) is 13.2. The van der Waals surface area contributed by atoms with E-state index in [9.17, 15) is 4.79 Å². The molecule has 4 saturated carbocycles. The second-order valence-corrected chi connectivity index (χ2v) is 9.20. The van der Waals surface area contributed by atoms with Crippen molar-refractivity contribution in [3.63, 3.8) is 0 Å². The first kappa shape index (κ1) is 15.8. The molecule has 1 aromatic heterocycles. The van der Waals surface area contributed by atoms with Crippen LogP contribution in [0.5, 0.6) is 0 Å². The van der Waals surface area contributed by atoms with Crippen molar-refractivity contribution in [3.8, 4) is 0 Å². The second kappa shape index (κ2) is 6.10. The van der Waals surface area contributed by atoms with Crippen LogP contribution in [-0.2, 0) is 24.2 Å². The van der Waals surface area contributed by atoms with E-state index in [4.69, 9.17) is 0 Å². The van der Waals surface area contributed by atoms with Gasteiger partial charge in [0.2, 0.25) is 5.91 Å². The predicted octanol–water partition coefficient (Wildman–Crippen LogP) is 2.88. The van der Waals surface area contributed by atoms with Crippen molar-refractivity contribution in [1.29, 1.82) is 0 Å². The number of hydrogen-bond acceptors (Lipinski definition) is 3. The van der Waals surface area contributed by atoms with Crippen molar-refractivity contribution in [2.45, 2.75) is 77.2 Å². The van der Waals surface area contributed by atoms with Crippen molar-refractivity contribution < 1.29 is 4.79 Å². The average Bonchev–Trinajstić information content (AvgIpc) is 2.81. The molecule has 0 saturated heterocycles. The fourth-order valence-electron chi connectivity index (χ4n) is 6.59. The van der Waals surface area contributed by atoms with Gasteiger partial charge in [-0.2, -0.15) is 0 Å². The van der Waals surface area contributed by atoms with Crippen LogP contribution in [-0.4, -0.2) is 27.2 Å². The van der Waals surface area contributed by atoms with Gasteiger partial charge >= 0.3 is 0 Å². The number of aromatic nitrogens is 3. The van der Waals surface area contributed by atoms with Crippen LogP contribution < -0.4 is 5.32 Å². The van der Waals surface area contributed by atoms with E-state index in [0.717, 1.165) is 68.1 Å². The van der Waals surface area contributed by atoms with Gasteiger partial charge in [-0.1, -0.05) is 6.42 Å². The van der Waals surface area contributed by atoms with Crippen LogP contribution in [0.3, 0.4) is 0 Å². The van der Waals surface area contributed by atoms with E-state index in [1.54, 1.807) is 0 Å². The Bertz CT molecular complexity index is 629. The average molecular weight is 342 g/mol. The third-order valence-corrected chi connectivity index (χ3v) is 7.34. The van der Waals surface area contributed by atoms with E-state index in [0.29, 0.717) is 12.5 Å². The molecule has 5 aliphatic rings. The highest BCUT2D eigenvalue weighted by atomic mass is 16.2. The van der Waals surface area contributed by atoms with Crippen LogP contribution in [0.1, 0.15) is 69.4 Å². The van der Waals surface area contributed by atoms with Crippen LogP contribution in [0.2, 0.25) is 0 Å². The number of carbonyl (C=O) groups excluding carboxylic acids is 1. The molecule has 4 fully saturated rings. The molecule has 5 nitrogen and oxygen atoms in total. The van der Waals surface area contributed by atoms with Crippen molar-refractivity contribution in [1.82, 2.24) is 20.1 Å². The number of aryl methyl sites for hydroxylation is 1. The van der Waals surface area contributed by atoms with Gasteiger partial charge in [0.1, 0.15) is 11.6 Å². The Morgan fingerprint density at radius 2 is 1.76 bits per heavy atom. The molecule has 0 radical (unpaired) electrons. The molecule has 1 amide bonds. The first-order valence-electron chi connectivity index (χ1n) is 10.4. The molecule has 5 heteroatoms. The van der Waals surface area contributed by atoms with Gasteiger partial charge in [-0.25, -0.2) is 0 Å². The van der Waals surface area contributed by atoms with Gasteiger partial charge in [0, 0.05) is 31.3 Å². The third-order valence-electron chi connectivity index (χ3n) is 7.34. The lowest BCUT2D eigenvalue weighted by molar-refractivity contribution is -0.146. The minimum absolute atomic E-state index is 0.0312. The number of hydrogen-bond donors (Lipinski definition) is 1. The summed E-state index contributed by atoms with van der Waals surface area (Å²) in [4.78, 5) is 13.0. The van der Waals surface area contributed by atoms with Gasteiger partial charge in [0.25, 0.3) is 0 Å². The molecule has 1 aliphatic heterocycles. The molecule has 1 N–H and O–H groups in total. The van der Waals surface area contributed by atoms with Gasteiger partial charge in [0.05, 0.1) is 0 Å². The molecular weight excluding hydrogens is 312 g/mol. The lowest BCUT2D eigenvalue weighted by Gasteiger charge is -2.55. The molecule has 25 heavy (non-hydrogen) atoms. The van der Waals surface area contributed by atoms with Crippen LogP contribution in [0, 0.1) is 23.2 Å². The van der Waals surface area contributed by atoms with E-state index in [1.165, 1.54) is 38.5 Å². The number of nitrogens with zero attached hydrogens (tertiary/aromatic N) is 3. The highest BCUT2D eigenvalue weighted by Gasteiger charge is 2.54. The zero-order valence-electron chi connectivity index (χ0n) is 15.2. The van der Waals surface area contributed by atoms with Gasteiger partial charge in [0.15, 0.2) is 0 Å². The summed E-state index contributed by atoms with van der Waals surface area (Å²) in [6.45, 7) is 1.75. The number of rotatable bonds is 4. The van der Waals surface area contributed by atoms with E-state index in [-0.39, 0.29) is 5.41 Å². The molecule has 4 bridgehead atoms. The smallest absolute Gasteiger partial charge is 0.226 e. The Morgan fingerprint density at radius 3 is 2.48 bits per heavy atom. The molecule has 6 rings (SSSR count). The molecule has 1 aromatic rings. The summed E-state index contributed by atoms with van der Waals surface area (Å²) < 4.78 is 2.30. The fraction of sp³-hybridized carbons (Fsp3) is 0.850. The number of fused-ring (bicyclic) bond motifs is 1. The highest BCUT2D eigenvalue weighted by molar-refractivity contribution is 5.83. The van der Waals surface area contributed by atoms with Crippen molar-refractivity contribution in [2.75, 3.05) is 6.54 Å². The Morgan fingerprint density at radius 1 is 1.04 bits per heavy atom.